The Bertz CT molecular complexity index is 1040. The number of H-pyrrole nitrogens is 1. The van der Waals surface area contributed by atoms with E-state index >= 15 is 0 Å². The SMILES string of the molecule is CC(C)(CNCCCSCCNC[C@H](O)c1ccc(O)c2[nH]c(=O)sc12)c1ccccc1.Cl.Cl. The number of benzene rings is 2. The number of aromatic hydroxyl groups is 1. The molecule has 3 rings (SSSR count). The van der Waals surface area contributed by atoms with Gasteiger partial charge in [-0.2, -0.15) is 11.8 Å². The van der Waals surface area contributed by atoms with Gasteiger partial charge in [0.2, 0.25) is 0 Å². The van der Waals surface area contributed by atoms with Crippen LogP contribution < -0.4 is 15.5 Å². The van der Waals surface area contributed by atoms with Crippen molar-refractivity contribution < 1.29 is 10.2 Å². The summed E-state index contributed by atoms with van der Waals surface area (Å²) >= 11 is 2.91. The first kappa shape index (κ1) is 30.8. The number of thioether (sulfide) groups is 1. The van der Waals surface area contributed by atoms with E-state index in [2.05, 4.69) is 59.8 Å². The molecular weight excluding hydrogens is 513 g/mol. The molecule has 1 atom stereocenters. The van der Waals surface area contributed by atoms with Gasteiger partial charge in [0.15, 0.2) is 0 Å². The van der Waals surface area contributed by atoms with Crippen LogP contribution in [0, 0.1) is 0 Å². The molecule has 0 saturated carbocycles. The lowest BCUT2D eigenvalue weighted by Crippen LogP contribution is -2.33. The van der Waals surface area contributed by atoms with Crippen molar-refractivity contribution in [2.45, 2.75) is 31.8 Å². The molecule has 2 aromatic carbocycles. The highest BCUT2D eigenvalue weighted by Gasteiger charge is 2.19. The van der Waals surface area contributed by atoms with Crippen LogP contribution in [-0.2, 0) is 5.41 Å². The second kappa shape index (κ2) is 15.0. The van der Waals surface area contributed by atoms with Crippen LogP contribution >= 0.6 is 47.9 Å². The second-order valence-electron chi connectivity index (χ2n) is 8.51. The number of aliphatic hydroxyl groups is 1. The molecule has 0 spiro atoms. The molecule has 10 heteroatoms. The number of fused-ring (bicyclic) bond motifs is 1. The molecule has 0 saturated heterocycles. The predicted octanol–water partition coefficient (Wildman–Crippen LogP) is 4.45. The highest BCUT2D eigenvalue weighted by molar-refractivity contribution is 7.99. The van der Waals surface area contributed by atoms with Crippen LogP contribution in [0.3, 0.4) is 0 Å². The summed E-state index contributed by atoms with van der Waals surface area (Å²) in [5.41, 5.74) is 2.53. The maximum Gasteiger partial charge on any atom is 0.305 e. The molecule has 5 N–H and O–H groups in total. The van der Waals surface area contributed by atoms with Gasteiger partial charge in [0.1, 0.15) is 11.3 Å². The summed E-state index contributed by atoms with van der Waals surface area (Å²) in [4.78, 5) is 14.0. The number of rotatable bonds is 13. The van der Waals surface area contributed by atoms with E-state index in [0.717, 1.165) is 48.9 Å². The Hall–Kier alpha value is -1.26. The molecule has 1 heterocycles. The highest BCUT2D eigenvalue weighted by Crippen LogP contribution is 2.31. The van der Waals surface area contributed by atoms with Gasteiger partial charge in [0, 0.05) is 36.4 Å². The van der Waals surface area contributed by atoms with Crippen LogP contribution in [0.4, 0.5) is 0 Å². The normalized spacial score (nSPS) is 12.2. The maximum atomic E-state index is 11.6. The number of aliphatic hydroxyl groups excluding tert-OH is 1. The van der Waals surface area contributed by atoms with Gasteiger partial charge in [-0.05, 0) is 30.3 Å². The molecule has 3 aromatic rings. The minimum atomic E-state index is -0.730. The number of phenols is 1. The zero-order valence-electron chi connectivity index (χ0n) is 19.5. The van der Waals surface area contributed by atoms with E-state index in [-0.39, 0.29) is 40.9 Å². The van der Waals surface area contributed by atoms with Crippen LogP contribution in [0.2, 0.25) is 0 Å². The summed E-state index contributed by atoms with van der Waals surface area (Å²) in [6.07, 6.45) is 0.391. The molecule has 0 fully saturated rings. The Morgan fingerprint density at radius 3 is 2.53 bits per heavy atom. The van der Waals surface area contributed by atoms with Crippen molar-refractivity contribution in [2.24, 2.45) is 0 Å². The number of halogens is 2. The Morgan fingerprint density at radius 1 is 1.06 bits per heavy atom. The van der Waals surface area contributed by atoms with Crippen LogP contribution in [0.5, 0.6) is 5.75 Å². The summed E-state index contributed by atoms with van der Waals surface area (Å²) in [5.74, 6) is 2.10. The van der Waals surface area contributed by atoms with Gasteiger partial charge < -0.3 is 25.8 Å². The molecule has 190 valence electrons. The van der Waals surface area contributed by atoms with Crippen LogP contribution in [0.25, 0.3) is 10.2 Å². The van der Waals surface area contributed by atoms with Crippen molar-refractivity contribution in [3.63, 3.8) is 0 Å². The fourth-order valence-electron chi connectivity index (χ4n) is 3.59. The number of hydrogen-bond acceptors (Lipinski definition) is 7. The van der Waals surface area contributed by atoms with E-state index in [9.17, 15) is 15.0 Å². The van der Waals surface area contributed by atoms with E-state index in [0.29, 0.717) is 22.3 Å². The van der Waals surface area contributed by atoms with E-state index in [1.807, 2.05) is 11.8 Å². The number of aromatic nitrogens is 1. The molecule has 0 aliphatic rings. The first-order valence-electron chi connectivity index (χ1n) is 11.0. The first-order valence-corrected chi connectivity index (χ1v) is 12.9. The summed E-state index contributed by atoms with van der Waals surface area (Å²) < 4.78 is 0.613. The third kappa shape index (κ3) is 8.75. The zero-order valence-corrected chi connectivity index (χ0v) is 22.8. The van der Waals surface area contributed by atoms with Gasteiger partial charge in [-0.3, -0.25) is 4.79 Å². The third-order valence-corrected chi connectivity index (χ3v) is 7.47. The van der Waals surface area contributed by atoms with Gasteiger partial charge in [-0.25, -0.2) is 0 Å². The lowest BCUT2D eigenvalue weighted by atomic mass is 9.84. The van der Waals surface area contributed by atoms with Gasteiger partial charge in [0.25, 0.3) is 0 Å². The van der Waals surface area contributed by atoms with Crippen LogP contribution in [0.1, 0.15) is 37.5 Å². The van der Waals surface area contributed by atoms with Crippen molar-refractivity contribution in [1.82, 2.24) is 15.6 Å². The highest BCUT2D eigenvalue weighted by atomic mass is 35.5. The van der Waals surface area contributed by atoms with Gasteiger partial charge >= 0.3 is 4.87 Å². The maximum absolute atomic E-state index is 11.6. The number of phenolic OH excluding ortho intramolecular Hbond substituents is 1. The monoisotopic (exact) mass is 547 g/mol. The van der Waals surface area contributed by atoms with E-state index in [1.54, 1.807) is 6.07 Å². The van der Waals surface area contributed by atoms with Gasteiger partial charge in [0.05, 0.1) is 10.8 Å². The molecule has 0 aliphatic heterocycles. The van der Waals surface area contributed by atoms with E-state index in [1.165, 1.54) is 11.6 Å². The fourth-order valence-corrected chi connectivity index (χ4v) is 5.35. The standard InChI is InChI=1S/C24H33N3O3S2.2ClH/c1-24(2,17-7-4-3-5-8-17)16-26-11-6-13-31-14-12-25-15-20(29)18-9-10-19(28)21-22(18)32-23(30)27-21;;/h3-5,7-10,20,25-26,28-29H,6,11-16H2,1-2H3,(H,27,30);2*1H/t20-;;/m0../s1. The van der Waals surface area contributed by atoms with E-state index in [4.69, 9.17) is 0 Å². The van der Waals surface area contributed by atoms with Gasteiger partial charge in [-0.15, -0.1) is 24.8 Å². The molecule has 1 aromatic heterocycles. The predicted molar refractivity (Wildman–Crippen MR) is 151 cm³/mol. The molecular formula is C24H35Cl2N3O3S2. The summed E-state index contributed by atoms with van der Waals surface area (Å²) in [6.45, 7) is 7.71. The topological polar surface area (TPSA) is 97.4 Å². The second-order valence-corrected chi connectivity index (χ2v) is 10.7. The first-order chi connectivity index (χ1) is 15.4. The van der Waals surface area contributed by atoms with Crippen molar-refractivity contribution in [3.8, 4) is 5.75 Å². The third-order valence-electron chi connectivity index (χ3n) is 5.47. The Kier molecular flexibility index (Phi) is 13.6. The average Bonchev–Trinajstić information content (AvgIpc) is 3.18. The molecule has 0 radical (unpaired) electrons. The largest absolute Gasteiger partial charge is 0.506 e. The van der Waals surface area contributed by atoms with Crippen LogP contribution in [0.15, 0.2) is 47.3 Å². The molecule has 0 amide bonds. The average molecular weight is 549 g/mol. The minimum absolute atomic E-state index is 0. The van der Waals surface area contributed by atoms with Crippen LogP contribution in [-0.4, -0.2) is 52.9 Å². The molecule has 0 bridgehead atoms. The fraction of sp³-hybridized carbons (Fsp3) is 0.458. The van der Waals surface area contributed by atoms with Crippen molar-refractivity contribution >= 4 is 58.1 Å². The Morgan fingerprint density at radius 2 is 1.79 bits per heavy atom. The number of thiazole rings is 1. The molecule has 6 nitrogen and oxygen atoms in total. The molecule has 34 heavy (non-hydrogen) atoms. The number of aromatic amines is 1. The Labute approximate surface area is 221 Å². The van der Waals surface area contributed by atoms with E-state index < -0.39 is 6.10 Å². The summed E-state index contributed by atoms with van der Waals surface area (Å²) in [5, 5.41) is 27.2. The smallest absolute Gasteiger partial charge is 0.305 e. The lowest BCUT2D eigenvalue weighted by molar-refractivity contribution is 0.177. The van der Waals surface area contributed by atoms with Crippen molar-refractivity contribution in [1.29, 1.82) is 0 Å². The number of nitrogens with one attached hydrogen (secondary N) is 3. The summed E-state index contributed by atoms with van der Waals surface area (Å²) in [7, 11) is 0. The summed E-state index contributed by atoms with van der Waals surface area (Å²) in [6, 6.07) is 13.8. The van der Waals surface area contributed by atoms with Crippen molar-refractivity contribution in [3.05, 3.63) is 63.3 Å². The zero-order chi connectivity index (χ0) is 23.0. The lowest BCUT2D eigenvalue weighted by Gasteiger charge is -2.25. The molecule has 0 aliphatic carbocycles. The molecule has 0 unspecified atom stereocenters. The minimum Gasteiger partial charge on any atom is -0.506 e. The van der Waals surface area contributed by atoms with Crippen molar-refractivity contribution in [2.75, 3.05) is 37.7 Å². The Balaban J connectivity index is 0.00000289. The number of hydrogen-bond donors (Lipinski definition) is 5. The van der Waals surface area contributed by atoms with Gasteiger partial charge in [-0.1, -0.05) is 61.6 Å². The quantitative estimate of drug-likeness (QED) is 0.203.